The molecule has 3 fully saturated rings. The van der Waals surface area contributed by atoms with Crippen LogP contribution in [0.4, 0.5) is 10.5 Å². The van der Waals surface area contributed by atoms with Crippen molar-refractivity contribution in [1.29, 1.82) is 0 Å². The van der Waals surface area contributed by atoms with E-state index in [1.807, 2.05) is 55.3 Å². The van der Waals surface area contributed by atoms with Crippen LogP contribution >= 0.6 is 0 Å². The highest BCUT2D eigenvalue weighted by Gasteiger charge is 2.80. The van der Waals surface area contributed by atoms with Crippen molar-refractivity contribution in [3.05, 3.63) is 70.9 Å². The summed E-state index contributed by atoms with van der Waals surface area (Å²) >= 11 is 0. The van der Waals surface area contributed by atoms with Crippen molar-refractivity contribution in [2.24, 2.45) is 11.3 Å². The summed E-state index contributed by atoms with van der Waals surface area (Å²) in [6, 6.07) is 10.5. The fourth-order valence-corrected chi connectivity index (χ4v) is 14.2. The van der Waals surface area contributed by atoms with E-state index in [9.17, 15) is 24.6 Å². The van der Waals surface area contributed by atoms with E-state index >= 15 is 4.79 Å². The number of benzene rings is 2. The first kappa shape index (κ1) is 45.0. The third-order valence-corrected chi connectivity index (χ3v) is 16.4. The molecule has 0 radical (unpaired) electrons. The lowest BCUT2D eigenvalue weighted by Crippen LogP contribution is -2.81. The van der Waals surface area contributed by atoms with Gasteiger partial charge < -0.3 is 54.6 Å². The first-order valence-corrected chi connectivity index (χ1v) is 23.1. The number of esters is 3. The Kier molecular flexibility index (Phi) is 11.3. The number of urea groups is 1. The number of carbonyl (C=O) groups excluding carboxylic acids is 4. The van der Waals surface area contributed by atoms with Gasteiger partial charge >= 0.3 is 23.9 Å². The molecule has 6 aliphatic rings. The number of aromatic amines is 1. The van der Waals surface area contributed by atoms with Crippen molar-refractivity contribution >= 4 is 40.5 Å². The lowest BCUT2D eigenvalue weighted by Gasteiger charge is -2.63. The molecule has 3 aromatic rings. The van der Waals surface area contributed by atoms with Crippen molar-refractivity contribution in [1.82, 2.24) is 25.4 Å². The molecule has 1 saturated carbocycles. The molecule has 16 heteroatoms. The highest BCUT2D eigenvalue weighted by Crippen LogP contribution is 2.68. The largest absolute Gasteiger partial charge is 0.496 e. The van der Waals surface area contributed by atoms with E-state index in [4.69, 9.17) is 18.9 Å². The summed E-state index contributed by atoms with van der Waals surface area (Å²) in [6.45, 7) is 8.51. The van der Waals surface area contributed by atoms with E-state index in [1.165, 1.54) is 21.1 Å². The highest BCUT2D eigenvalue weighted by molar-refractivity contribution is 5.95. The molecule has 350 valence electrons. The smallest absolute Gasteiger partial charge is 0.344 e. The van der Waals surface area contributed by atoms with Gasteiger partial charge in [-0.2, -0.15) is 0 Å². The van der Waals surface area contributed by atoms with Gasteiger partial charge in [0.25, 0.3) is 0 Å². The Morgan fingerprint density at radius 2 is 1.74 bits per heavy atom. The van der Waals surface area contributed by atoms with Crippen LogP contribution in [-0.2, 0) is 45.8 Å². The fourth-order valence-electron chi connectivity index (χ4n) is 14.2. The van der Waals surface area contributed by atoms with Crippen molar-refractivity contribution in [3.8, 4) is 5.75 Å². The number of aliphatic hydroxyl groups excluding tert-OH is 1. The summed E-state index contributed by atoms with van der Waals surface area (Å²) < 4.78 is 24.1. The van der Waals surface area contributed by atoms with E-state index in [2.05, 4.69) is 44.5 Å². The Labute approximate surface area is 379 Å². The number of piperidine rings is 1. The van der Waals surface area contributed by atoms with Crippen LogP contribution in [0.1, 0.15) is 75.3 Å². The van der Waals surface area contributed by atoms with Crippen molar-refractivity contribution < 1.29 is 48.3 Å². The number of hydrogen-bond acceptors (Lipinski definition) is 13. The average Bonchev–Trinajstić information content (AvgIpc) is 3.97. The van der Waals surface area contributed by atoms with Gasteiger partial charge in [0.05, 0.1) is 39.5 Å². The van der Waals surface area contributed by atoms with Gasteiger partial charge in [-0.1, -0.05) is 44.2 Å². The minimum absolute atomic E-state index is 0.122. The van der Waals surface area contributed by atoms with Gasteiger partial charge in [-0.05, 0) is 74.2 Å². The molecule has 2 amide bonds. The third-order valence-electron chi connectivity index (χ3n) is 16.4. The minimum Gasteiger partial charge on any atom is -0.496 e. The molecule has 5 aliphatic heterocycles. The van der Waals surface area contributed by atoms with Gasteiger partial charge in [0.1, 0.15) is 11.2 Å². The van der Waals surface area contributed by atoms with Crippen LogP contribution in [-0.4, -0.2) is 153 Å². The Morgan fingerprint density at radius 1 is 0.969 bits per heavy atom. The van der Waals surface area contributed by atoms with Crippen LogP contribution in [0.2, 0.25) is 0 Å². The summed E-state index contributed by atoms with van der Waals surface area (Å²) in [7, 11) is 6.11. The fraction of sp³-hybridized carbons (Fsp3) is 0.592. The molecule has 9 rings (SSSR count). The first-order valence-electron chi connectivity index (χ1n) is 23.1. The minimum atomic E-state index is -2.33. The highest BCUT2D eigenvalue weighted by atomic mass is 16.6. The maximum Gasteiger partial charge on any atom is 0.344 e. The normalized spacial score (nSPS) is 34.5. The van der Waals surface area contributed by atoms with Gasteiger partial charge in [0.15, 0.2) is 6.10 Å². The number of methoxy groups -OCH3 is 3. The molecule has 1 spiro atoms. The number of hydrogen-bond donors (Lipinski definition) is 5. The predicted octanol–water partition coefficient (Wildman–Crippen LogP) is 3.29. The molecule has 2 saturated heterocycles. The lowest BCUT2D eigenvalue weighted by atomic mass is 9.47. The van der Waals surface area contributed by atoms with Gasteiger partial charge in [-0.3, -0.25) is 14.5 Å². The number of nitrogens with one attached hydrogen (secondary N) is 3. The van der Waals surface area contributed by atoms with Crippen LogP contribution < -0.4 is 20.3 Å². The zero-order valence-electron chi connectivity index (χ0n) is 38.6. The van der Waals surface area contributed by atoms with E-state index in [0.717, 1.165) is 33.4 Å². The van der Waals surface area contributed by atoms with Gasteiger partial charge in [-0.25, -0.2) is 9.59 Å². The summed E-state index contributed by atoms with van der Waals surface area (Å²) in [4.78, 5) is 67.0. The molecule has 16 nitrogen and oxygen atoms in total. The molecule has 1 unspecified atom stereocenters. The summed E-state index contributed by atoms with van der Waals surface area (Å²) in [6.07, 6.45) is 5.86. The molecule has 5 N–H and O–H groups in total. The molecule has 10 atom stereocenters. The van der Waals surface area contributed by atoms with E-state index in [-0.39, 0.29) is 37.6 Å². The summed E-state index contributed by atoms with van der Waals surface area (Å²) in [5.41, 5.74) is -1.69. The second-order valence-electron chi connectivity index (χ2n) is 19.4. The van der Waals surface area contributed by atoms with Crippen LogP contribution in [0, 0.1) is 11.3 Å². The van der Waals surface area contributed by atoms with Gasteiger partial charge in [0, 0.05) is 97.5 Å². The van der Waals surface area contributed by atoms with Gasteiger partial charge in [-0.15, -0.1) is 0 Å². The van der Waals surface area contributed by atoms with E-state index in [0.29, 0.717) is 76.1 Å². The standard InChI is InChI=1S/C49H64N6O10/c1-8-45(52-44(60)50-18-22-56)25-30-26-48(42(58)63-6,38-32(15-20-54(27-30)28-45)31-13-10-11-14-35(31)51-38)34-23-33-36(24-37(34)62-5)53(4)40-47(33)17-21-55-19-12-16-46(9-2,39(47)55)41(65-29(3)57)49(40,61)43(59)64-7/h10-14,16,23-24,30,39-41,51,56,61H,8-9,15,17-22,25-28H2,1-7H3,(H2,50,52,60)/t30-,39-,40+,41+,45-,46+,47+,48-,49-/m0/s1. The monoisotopic (exact) mass is 896 g/mol. The average molecular weight is 897 g/mol. The number of H-pyrrole nitrogens is 1. The van der Waals surface area contributed by atoms with Crippen LogP contribution in [0.3, 0.4) is 0 Å². The number of aromatic nitrogens is 1. The van der Waals surface area contributed by atoms with Gasteiger partial charge in [0.2, 0.25) is 5.60 Å². The number of ether oxygens (including phenoxy) is 4. The topological polar surface area (TPSA) is 195 Å². The Hall–Kier alpha value is -5.16. The molecular formula is C49H64N6O10. The number of likely N-dealkylation sites (N-methyl/N-ethyl adjacent to an activating group) is 1. The molecule has 1 aromatic heterocycles. The molecular weight excluding hydrogens is 833 g/mol. The summed E-state index contributed by atoms with van der Waals surface area (Å²) in [5.74, 6) is -1.71. The SMILES string of the molecule is CC[C@]1(NC(=O)NCCO)C[C@@H]2CN(CCc3c([nH]c4ccccc34)[C@@](C(=O)OC)(c3cc4c(cc3OC)N(C)[C@H]3[C@@](O)(C(=O)OC)[C@H](OC(C)=O)[C@]5(CC)C=CCN6CC[C@]43[C@@H]65)C2)C1. The Bertz CT molecular complexity index is 2440. The molecule has 1 aliphatic carbocycles. The number of carbonyl (C=O) groups is 4. The molecule has 6 heterocycles. The number of fused-ring (bicyclic) bond motifs is 6. The first-order chi connectivity index (χ1) is 31.2. The number of nitrogens with zero attached hydrogens (tertiary/aromatic N) is 3. The Morgan fingerprint density at radius 3 is 2.43 bits per heavy atom. The molecule has 2 aromatic carbocycles. The molecule has 65 heavy (non-hydrogen) atoms. The molecule has 2 bridgehead atoms. The number of aliphatic hydroxyl groups is 2. The quantitative estimate of drug-likeness (QED) is 0.113. The van der Waals surface area contributed by atoms with Crippen LogP contribution in [0.5, 0.6) is 5.75 Å². The van der Waals surface area contributed by atoms with Crippen molar-refractivity contribution in [2.75, 3.05) is 79.2 Å². The Balaban J connectivity index is 1.32. The van der Waals surface area contributed by atoms with Crippen molar-refractivity contribution in [2.45, 2.75) is 99.5 Å². The second kappa shape index (κ2) is 16.3. The van der Waals surface area contributed by atoms with E-state index < -0.39 is 57.4 Å². The zero-order valence-corrected chi connectivity index (χ0v) is 38.6. The summed E-state index contributed by atoms with van der Waals surface area (Å²) in [5, 5.41) is 30.0. The number of para-hydroxylation sites is 1. The number of anilines is 1. The second-order valence-corrected chi connectivity index (χ2v) is 19.4. The maximum absolute atomic E-state index is 15.6. The van der Waals surface area contributed by atoms with Crippen molar-refractivity contribution in [3.63, 3.8) is 0 Å². The number of rotatable bonds is 10. The van der Waals surface area contributed by atoms with E-state index in [1.54, 1.807) is 7.11 Å². The number of amides is 2. The van der Waals surface area contributed by atoms with Crippen LogP contribution in [0.25, 0.3) is 10.9 Å². The zero-order chi connectivity index (χ0) is 46.3. The third kappa shape index (κ3) is 6.29. The predicted molar refractivity (Wildman–Crippen MR) is 242 cm³/mol. The maximum atomic E-state index is 15.6. The van der Waals surface area contributed by atoms with Crippen LogP contribution in [0.15, 0.2) is 48.6 Å². The lowest BCUT2D eigenvalue weighted by molar-refractivity contribution is -0.228.